The predicted octanol–water partition coefficient (Wildman–Crippen LogP) is 2.61. The fourth-order valence-electron chi connectivity index (χ4n) is 4.11. The molecule has 0 saturated carbocycles. The second-order valence-corrected chi connectivity index (χ2v) is 9.95. The van der Waals surface area contributed by atoms with Crippen molar-refractivity contribution in [3.05, 3.63) is 54.6 Å². The number of aryl methyl sites for hydroxylation is 2. The summed E-state index contributed by atoms with van der Waals surface area (Å²) in [4.78, 5) is 14.8. The average molecular weight is 452 g/mol. The molecule has 0 bridgehead atoms. The Morgan fingerprint density at radius 1 is 1.12 bits per heavy atom. The van der Waals surface area contributed by atoms with Crippen molar-refractivity contribution in [3.63, 3.8) is 0 Å². The van der Waals surface area contributed by atoms with Crippen LogP contribution in [0.5, 0.6) is 0 Å². The second kappa shape index (κ2) is 8.03. The van der Waals surface area contributed by atoms with Gasteiger partial charge in [0.25, 0.3) is 0 Å². The zero-order valence-electron chi connectivity index (χ0n) is 18.0. The van der Waals surface area contributed by atoms with Crippen molar-refractivity contribution in [2.24, 2.45) is 7.05 Å². The first kappa shape index (κ1) is 20.7. The van der Waals surface area contributed by atoms with Crippen molar-refractivity contribution in [2.45, 2.75) is 30.7 Å². The number of nitrogens with zero attached hydrogens (tertiary/aromatic N) is 5. The molecule has 1 fully saturated rings. The number of sulfonamides is 1. The number of fused-ring (bicyclic) bond motifs is 1. The SMILES string of the molecule is Cc1ccc(S(=O)(=O)NC2CCN(c3ncnc4[nH]c(-c5cnn(C)c5)cc34)CC2)cc1. The van der Waals surface area contributed by atoms with E-state index in [1.54, 1.807) is 23.1 Å². The van der Waals surface area contributed by atoms with Crippen LogP contribution in [0.25, 0.3) is 22.3 Å². The fraction of sp³-hybridized carbons (Fsp3) is 0.318. The van der Waals surface area contributed by atoms with Crippen LogP contribution in [0.2, 0.25) is 0 Å². The van der Waals surface area contributed by atoms with E-state index in [0.717, 1.165) is 33.7 Å². The van der Waals surface area contributed by atoms with Gasteiger partial charge in [0.05, 0.1) is 22.2 Å². The van der Waals surface area contributed by atoms with E-state index in [0.29, 0.717) is 30.8 Å². The standard InChI is InChI=1S/C22H25N7O2S/c1-15-3-5-18(6-4-15)32(30,31)27-17-7-9-29(10-8-17)22-19-11-20(16-12-25-28(2)13-16)26-21(19)23-14-24-22/h3-6,11-14,17,27H,7-10H2,1-2H3,(H,23,24,26). The third kappa shape index (κ3) is 3.98. The van der Waals surface area contributed by atoms with E-state index in [1.807, 2.05) is 44.6 Å². The van der Waals surface area contributed by atoms with Crippen LogP contribution in [0.1, 0.15) is 18.4 Å². The number of hydrogen-bond donors (Lipinski definition) is 2. The first-order valence-electron chi connectivity index (χ1n) is 10.6. The molecular formula is C22H25N7O2S. The molecule has 4 heterocycles. The summed E-state index contributed by atoms with van der Waals surface area (Å²) in [5, 5.41) is 5.18. The Labute approximate surface area is 186 Å². The Morgan fingerprint density at radius 3 is 2.56 bits per heavy atom. The summed E-state index contributed by atoms with van der Waals surface area (Å²) in [5.41, 5.74) is 3.73. The van der Waals surface area contributed by atoms with Gasteiger partial charge in [-0.25, -0.2) is 23.1 Å². The molecule has 0 aliphatic carbocycles. The highest BCUT2D eigenvalue weighted by atomic mass is 32.2. The van der Waals surface area contributed by atoms with Crippen LogP contribution in [0.4, 0.5) is 5.82 Å². The maximum atomic E-state index is 12.7. The number of anilines is 1. The van der Waals surface area contributed by atoms with Gasteiger partial charge in [-0.15, -0.1) is 0 Å². The Bertz CT molecular complexity index is 1350. The number of aromatic nitrogens is 5. The lowest BCUT2D eigenvalue weighted by Gasteiger charge is -2.33. The lowest BCUT2D eigenvalue weighted by Crippen LogP contribution is -2.44. The summed E-state index contributed by atoms with van der Waals surface area (Å²) in [6.45, 7) is 3.36. The van der Waals surface area contributed by atoms with Gasteiger partial charge in [0.15, 0.2) is 0 Å². The third-order valence-corrected chi connectivity index (χ3v) is 7.40. The average Bonchev–Trinajstić information content (AvgIpc) is 3.40. The normalized spacial score (nSPS) is 15.5. The lowest BCUT2D eigenvalue weighted by atomic mass is 10.1. The third-order valence-electron chi connectivity index (χ3n) is 5.87. The van der Waals surface area contributed by atoms with Crippen molar-refractivity contribution >= 4 is 26.9 Å². The molecule has 0 spiro atoms. The minimum atomic E-state index is -3.53. The second-order valence-electron chi connectivity index (χ2n) is 8.24. The van der Waals surface area contributed by atoms with E-state index in [2.05, 4.69) is 29.7 Å². The van der Waals surface area contributed by atoms with Gasteiger partial charge in [-0.2, -0.15) is 5.10 Å². The minimum Gasteiger partial charge on any atom is -0.356 e. The Morgan fingerprint density at radius 2 is 1.88 bits per heavy atom. The smallest absolute Gasteiger partial charge is 0.240 e. The molecule has 5 rings (SSSR count). The molecule has 10 heteroatoms. The van der Waals surface area contributed by atoms with E-state index >= 15 is 0 Å². The molecular weight excluding hydrogens is 426 g/mol. The fourth-order valence-corrected chi connectivity index (χ4v) is 5.41. The molecule has 0 amide bonds. The van der Waals surface area contributed by atoms with Crippen LogP contribution in [0.15, 0.2) is 53.9 Å². The topological polar surface area (TPSA) is 109 Å². The maximum Gasteiger partial charge on any atom is 0.240 e. The molecule has 1 aromatic carbocycles. The van der Waals surface area contributed by atoms with Crippen molar-refractivity contribution in [1.82, 2.24) is 29.5 Å². The Hall–Kier alpha value is -3.24. The van der Waals surface area contributed by atoms with Gasteiger partial charge in [0, 0.05) is 37.9 Å². The monoisotopic (exact) mass is 451 g/mol. The van der Waals surface area contributed by atoms with Crippen molar-refractivity contribution in [1.29, 1.82) is 0 Å². The van der Waals surface area contributed by atoms with Crippen LogP contribution in [0.3, 0.4) is 0 Å². The predicted molar refractivity (Wildman–Crippen MR) is 123 cm³/mol. The Balaban J connectivity index is 1.31. The van der Waals surface area contributed by atoms with Gasteiger partial charge in [-0.3, -0.25) is 4.68 Å². The van der Waals surface area contributed by atoms with Crippen molar-refractivity contribution in [2.75, 3.05) is 18.0 Å². The molecule has 9 nitrogen and oxygen atoms in total. The quantitative estimate of drug-likeness (QED) is 0.483. The zero-order valence-corrected chi connectivity index (χ0v) is 18.8. The molecule has 4 aromatic rings. The molecule has 1 aliphatic heterocycles. The zero-order chi connectivity index (χ0) is 22.3. The number of nitrogens with one attached hydrogen (secondary N) is 2. The molecule has 0 radical (unpaired) electrons. The molecule has 1 aliphatic rings. The highest BCUT2D eigenvalue weighted by molar-refractivity contribution is 7.89. The first-order valence-corrected chi connectivity index (χ1v) is 12.0. The molecule has 2 N–H and O–H groups in total. The number of hydrogen-bond acceptors (Lipinski definition) is 6. The molecule has 166 valence electrons. The van der Waals surface area contributed by atoms with Crippen LogP contribution in [-0.2, 0) is 17.1 Å². The first-order chi connectivity index (χ1) is 15.4. The molecule has 32 heavy (non-hydrogen) atoms. The van der Waals surface area contributed by atoms with Crippen molar-refractivity contribution < 1.29 is 8.42 Å². The molecule has 3 aromatic heterocycles. The van der Waals surface area contributed by atoms with Crippen LogP contribution >= 0.6 is 0 Å². The Kier molecular flexibility index (Phi) is 5.18. The maximum absolute atomic E-state index is 12.7. The summed E-state index contributed by atoms with van der Waals surface area (Å²) >= 11 is 0. The van der Waals surface area contributed by atoms with Crippen LogP contribution < -0.4 is 9.62 Å². The van der Waals surface area contributed by atoms with E-state index < -0.39 is 10.0 Å². The van der Waals surface area contributed by atoms with Gasteiger partial charge in [-0.1, -0.05) is 17.7 Å². The van der Waals surface area contributed by atoms with E-state index in [9.17, 15) is 8.42 Å². The lowest BCUT2D eigenvalue weighted by molar-refractivity contribution is 0.459. The number of benzene rings is 1. The summed E-state index contributed by atoms with van der Waals surface area (Å²) < 4.78 is 30.1. The van der Waals surface area contributed by atoms with E-state index in [-0.39, 0.29) is 6.04 Å². The van der Waals surface area contributed by atoms with Gasteiger partial charge in [0.1, 0.15) is 17.8 Å². The molecule has 1 saturated heterocycles. The van der Waals surface area contributed by atoms with E-state index in [1.165, 1.54) is 0 Å². The summed E-state index contributed by atoms with van der Waals surface area (Å²) in [6, 6.07) is 8.87. The summed E-state index contributed by atoms with van der Waals surface area (Å²) in [6.07, 6.45) is 6.73. The van der Waals surface area contributed by atoms with Crippen LogP contribution in [0, 0.1) is 6.92 Å². The van der Waals surface area contributed by atoms with E-state index in [4.69, 9.17) is 0 Å². The number of H-pyrrole nitrogens is 1. The summed E-state index contributed by atoms with van der Waals surface area (Å²) in [5.74, 6) is 0.862. The minimum absolute atomic E-state index is 0.105. The van der Waals surface area contributed by atoms with Gasteiger partial charge < -0.3 is 9.88 Å². The highest BCUT2D eigenvalue weighted by Gasteiger charge is 2.26. The van der Waals surface area contributed by atoms with Crippen LogP contribution in [-0.4, -0.2) is 52.3 Å². The van der Waals surface area contributed by atoms with Gasteiger partial charge in [0.2, 0.25) is 10.0 Å². The highest BCUT2D eigenvalue weighted by Crippen LogP contribution is 2.30. The number of rotatable bonds is 5. The number of aromatic amines is 1. The number of piperidine rings is 1. The molecule has 0 atom stereocenters. The van der Waals surface area contributed by atoms with Gasteiger partial charge in [-0.05, 0) is 38.0 Å². The van der Waals surface area contributed by atoms with Gasteiger partial charge >= 0.3 is 0 Å². The molecule has 0 unspecified atom stereocenters. The largest absolute Gasteiger partial charge is 0.356 e. The van der Waals surface area contributed by atoms with Crippen molar-refractivity contribution in [3.8, 4) is 11.3 Å². The summed E-state index contributed by atoms with van der Waals surface area (Å²) in [7, 11) is -1.64.